The van der Waals surface area contributed by atoms with Crippen molar-refractivity contribution >= 4 is 29.7 Å². The Kier molecular flexibility index (Phi) is 11.4. The largest absolute Gasteiger partial charge is 0.480 e. The summed E-state index contributed by atoms with van der Waals surface area (Å²) in [6, 6.07) is 12.7. The molecular weight excluding hydrogens is 625 g/mol. The lowest BCUT2D eigenvalue weighted by Crippen LogP contribution is -2.52. The molecule has 0 saturated heterocycles. The molecule has 5 fully saturated rings. The summed E-state index contributed by atoms with van der Waals surface area (Å²) >= 11 is 1.55. The molecule has 0 heterocycles. The zero-order valence-electron chi connectivity index (χ0n) is 28.6. The number of hydrogen-bond acceptors (Lipinski definition) is 6. The van der Waals surface area contributed by atoms with Crippen LogP contribution in [0.3, 0.4) is 0 Å². The third-order valence-electron chi connectivity index (χ3n) is 11.4. The number of carbonyl (C=O) groups is 3. The highest BCUT2D eigenvalue weighted by Gasteiger charge is 2.53. The third-order valence-corrected chi connectivity index (χ3v) is 12.0. The van der Waals surface area contributed by atoms with Crippen molar-refractivity contribution in [1.82, 2.24) is 10.2 Å². The molecule has 2 aromatic rings. The van der Waals surface area contributed by atoms with E-state index in [1.807, 2.05) is 54.5 Å². The number of benzene rings is 2. The van der Waals surface area contributed by atoms with Crippen molar-refractivity contribution in [2.24, 2.45) is 23.7 Å². The molecule has 8 nitrogen and oxygen atoms in total. The van der Waals surface area contributed by atoms with Crippen molar-refractivity contribution < 1.29 is 29.3 Å². The smallest absolute Gasteiger partial charge is 0.441 e. The van der Waals surface area contributed by atoms with Gasteiger partial charge >= 0.3 is 12.1 Å². The Morgan fingerprint density at radius 3 is 2.31 bits per heavy atom. The van der Waals surface area contributed by atoms with Gasteiger partial charge in [-0.05, 0) is 135 Å². The zero-order chi connectivity index (χ0) is 33.7. The molecular formula is C39H52N2O6S. The van der Waals surface area contributed by atoms with E-state index >= 15 is 0 Å². The number of hydrogen-bond donors (Lipinski definition) is 2. The summed E-state index contributed by atoms with van der Waals surface area (Å²) in [5.41, 5.74) is 3.81. The van der Waals surface area contributed by atoms with Gasteiger partial charge in [0.1, 0.15) is 11.6 Å². The standard InChI is InChI=1S/C39H52N2O6S/c1-26-8-6-7-11-32(26)34-21-27(12-13-33(34)36(42)40-35(37(43)44)15-17-48-2)14-16-41(25-28-9-4-3-5-10-28)38(45)46-47-39-22-29-18-30(23-39)20-31(19-29)24-39/h6-8,11-13,21,28-31,35H,3-5,9-10,14-20,22-25H2,1-2H3,(H,40,42)(H,43,44)/t29?,30?,31?,35-,39?/m0/s1. The van der Waals surface area contributed by atoms with Crippen molar-refractivity contribution in [3.63, 3.8) is 0 Å². The number of aryl methyl sites for hydroxylation is 1. The number of aliphatic carboxylic acids is 1. The van der Waals surface area contributed by atoms with Crippen LogP contribution >= 0.6 is 11.8 Å². The highest BCUT2D eigenvalue weighted by Crippen LogP contribution is 2.57. The van der Waals surface area contributed by atoms with Crippen molar-refractivity contribution in [3.05, 3.63) is 59.2 Å². The Hall–Kier alpha value is -3.04. The molecule has 5 saturated carbocycles. The van der Waals surface area contributed by atoms with E-state index in [1.165, 1.54) is 38.5 Å². The topological polar surface area (TPSA) is 105 Å². The van der Waals surface area contributed by atoms with Crippen molar-refractivity contribution in [2.45, 2.75) is 102 Å². The molecule has 0 radical (unpaired) electrons. The van der Waals surface area contributed by atoms with Gasteiger partial charge in [0.05, 0.1) is 0 Å². The fraction of sp³-hybridized carbons (Fsp3) is 0.615. The zero-order valence-corrected chi connectivity index (χ0v) is 29.4. The minimum Gasteiger partial charge on any atom is -0.480 e. The van der Waals surface area contributed by atoms with Gasteiger partial charge < -0.3 is 15.3 Å². The molecule has 4 bridgehead atoms. The van der Waals surface area contributed by atoms with Gasteiger partial charge in [-0.2, -0.15) is 16.6 Å². The van der Waals surface area contributed by atoms with Gasteiger partial charge in [0.15, 0.2) is 0 Å². The van der Waals surface area contributed by atoms with E-state index < -0.39 is 24.0 Å². The predicted molar refractivity (Wildman–Crippen MR) is 189 cm³/mol. The maximum atomic E-state index is 13.7. The van der Waals surface area contributed by atoms with Gasteiger partial charge in [-0.1, -0.05) is 55.7 Å². The summed E-state index contributed by atoms with van der Waals surface area (Å²) in [7, 11) is 0. The lowest BCUT2D eigenvalue weighted by atomic mass is 9.54. The number of amides is 2. The van der Waals surface area contributed by atoms with Gasteiger partial charge in [0.2, 0.25) is 0 Å². The van der Waals surface area contributed by atoms with Crippen LogP contribution < -0.4 is 5.32 Å². The lowest BCUT2D eigenvalue weighted by Gasteiger charge is -2.54. The molecule has 0 aliphatic heterocycles. The fourth-order valence-corrected chi connectivity index (χ4v) is 9.76. The van der Waals surface area contributed by atoms with Gasteiger partial charge in [0.25, 0.3) is 5.91 Å². The fourth-order valence-electron chi connectivity index (χ4n) is 9.28. The van der Waals surface area contributed by atoms with E-state index in [4.69, 9.17) is 9.78 Å². The molecule has 0 spiro atoms. The Morgan fingerprint density at radius 1 is 0.979 bits per heavy atom. The van der Waals surface area contributed by atoms with Crippen molar-refractivity contribution in [1.29, 1.82) is 0 Å². The maximum Gasteiger partial charge on any atom is 0.441 e. The molecule has 7 rings (SSSR count). The number of thioether (sulfide) groups is 1. The molecule has 260 valence electrons. The van der Waals surface area contributed by atoms with Crippen LogP contribution in [-0.2, 0) is 21.0 Å². The van der Waals surface area contributed by atoms with Crippen LogP contribution in [0.4, 0.5) is 4.79 Å². The molecule has 5 aliphatic rings. The van der Waals surface area contributed by atoms with Crippen molar-refractivity contribution in [3.8, 4) is 11.1 Å². The first-order chi connectivity index (χ1) is 23.2. The molecule has 0 unspecified atom stereocenters. The van der Waals surface area contributed by atoms with E-state index in [-0.39, 0.29) is 5.60 Å². The molecule has 5 aliphatic carbocycles. The summed E-state index contributed by atoms with van der Waals surface area (Å²) in [6.45, 7) is 3.14. The number of rotatable bonds is 14. The Balaban J connectivity index is 1.18. The Labute approximate surface area is 289 Å². The van der Waals surface area contributed by atoms with E-state index in [9.17, 15) is 19.5 Å². The monoisotopic (exact) mass is 676 g/mol. The van der Waals surface area contributed by atoms with Gasteiger partial charge in [0, 0.05) is 18.7 Å². The van der Waals surface area contributed by atoms with E-state index in [2.05, 4.69) is 5.32 Å². The van der Waals surface area contributed by atoms with Crippen LogP contribution in [0.15, 0.2) is 42.5 Å². The highest BCUT2D eigenvalue weighted by atomic mass is 32.2. The molecule has 48 heavy (non-hydrogen) atoms. The number of carbonyl (C=O) groups excluding carboxylic acids is 2. The first-order valence-corrected chi connectivity index (χ1v) is 19.5. The normalized spacial score (nSPS) is 25.4. The number of carboxylic acid groups (broad SMARTS) is 1. The molecule has 2 N–H and O–H groups in total. The van der Waals surface area contributed by atoms with Gasteiger partial charge in [-0.25, -0.2) is 9.59 Å². The molecule has 1 atom stereocenters. The van der Waals surface area contributed by atoms with Gasteiger partial charge in [-0.15, -0.1) is 0 Å². The quantitative estimate of drug-likeness (QED) is 0.154. The highest BCUT2D eigenvalue weighted by molar-refractivity contribution is 7.98. The SMILES string of the molecule is CSCC[C@H](NC(=O)c1ccc(CCN(CC2CCCCC2)C(=O)OOC23CC4CC(CC(C4)C2)C3)cc1-c1ccccc1C)C(=O)O. The first kappa shape index (κ1) is 34.8. The summed E-state index contributed by atoms with van der Waals surface area (Å²) in [5, 5.41) is 12.5. The van der Waals surface area contributed by atoms with E-state index in [0.717, 1.165) is 54.4 Å². The summed E-state index contributed by atoms with van der Waals surface area (Å²) < 4.78 is 0. The average Bonchev–Trinajstić information content (AvgIpc) is 3.07. The Morgan fingerprint density at radius 2 is 1.67 bits per heavy atom. The minimum absolute atomic E-state index is 0.311. The third kappa shape index (κ3) is 8.39. The predicted octanol–water partition coefficient (Wildman–Crippen LogP) is 8.06. The second-order valence-electron chi connectivity index (χ2n) is 15.1. The molecule has 2 aromatic carbocycles. The summed E-state index contributed by atoms with van der Waals surface area (Å²) in [6.07, 6.45) is 15.2. The number of carboxylic acids is 1. The number of nitrogens with one attached hydrogen (secondary N) is 1. The minimum atomic E-state index is -1.04. The van der Waals surface area contributed by atoms with Crippen LogP contribution in [0.1, 0.15) is 98.5 Å². The van der Waals surface area contributed by atoms with Crippen LogP contribution in [0.2, 0.25) is 0 Å². The van der Waals surface area contributed by atoms with Crippen LogP contribution in [0.25, 0.3) is 11.1 Å². The second kappa shape index (κ2) is 15.7. The molecule has 0 aromatic heterocycles. The van der Waals surface area contributed by atoms with E-state index in [1.54, 1.807) is 17.8 Å². The summed E-state index contributed by atoms with van der Waals surface area (Å²) in [4.78, 5) is 52.9. The Bertz CT molecular complexity index is 1420. The maximum absolute atomic E-state index is 13.7. The second-order valence-corrected chi connectivity index (χ2v) is 16.1. The number of nitrogens with zero attached hydrogens (tertiary/aromatic N) is 1. The summed E-state index contributed by atoms with van der Waals surface area (Å²) in [5.74, 6) is 1.74. The molecule has 9 heteroatoms. The van der Waals surface area contributed by atoms with Crippen molar-refractivity contribution in [2.75, 3.05) is 25.1 Å². The van der Waals surface area contributed by atoms with Crippen LogP contribution in [0, 0.1) is 30.6 Å². The van der Waals surface area contributed by atoms with Crippen LogP contribution in [0.5, 0.6) is 0 Å². The average molecular weight is 677 g/mol. The molecule has 2 amide bonds. The first-order valence-electron chi connectivity index (χ1n) is 18.1. The van der Waals surface area contributed by atoms with E-state index in [0.29, 0.717) is 60.9 Å². The van der Waals surface area contributed by atoms with Gasteiger partial charge in [-0.3, -0.25) is 9.68 Å². The van der Waals surface area contributed by atoms with Crippen LogP contribution in [-0.4, -0.2) is 64.7 Å². The lowest BCUT2D eigenvalue weighted by molar-refractivity contribution is -0.352.